The van der Waals surface area contributed by atoms with Gasteiger partial charge in [0.1, 0.15) is 6.07 Å². The monoisotopic (exact) mass is 332 g/mol. The minimum Gasteiger partial charge on any atom is -0.348 e. The summed E-state index contributed by atoms with van der Waals surface area (Å²) in [5.74, 6) is 0.580. The molecule has 1 aliphatic heterocycles. The van der Waals surface area contributed by atoms with Crippen molar-refractivity contribution in [1.82, 2.24) is 10.2 Å². The molecule has 1 atom stereocenters. The summed E-state index contributed by atoms with van der Waals surface area (Å²) in [7, 11) is 0. The normalized spacial score (nSPS) is 18.2. The molecule has 1 aromatic heterocycles. The van der Waals surface area contributed by atoms with E-state index in [1.165, 1.54) is 12.1 Å². The zero-order valence-corrected chi connectivity index (χ0v) is 12.8. The summed E-state index contributed by atoms with van der Waals surface area (Å²) in [6.45, 7) is 0.696. The average molecular weight is 332 g/mol. The lowest BCUT2D eigenvalue weighted by Gasteiger charge is -2.36. The number of benzene rings is 1. The smallest absolute Gasteiger partial charge is 0.348 e. The lowest BCUT2D eigenvalue weighted by Crippen LogP contribution is -2.34. The van der Waals surface area contributed by atoms with Crippen molar-refractivity contribution in [2.75, 3.05) is 11.4 Å². The van der Waals surface area contributed by atoms with E-state index in [4.69, 9.17) is 5.26 Å². The molecule has 4 nitrogen and oxygen atoms in total. The fourth-order valence-electron chi connectivity index (χ4n) is 3.01. The predicted molar refractivity (Wildman–Crippen MR) is 82.1 cm³/mol. The van der Waals surface area contributed by atoms with Gasteiger partial charge in [0.2, 0.25) is 0 Å². The predicted octanol–water partition coefficient (Wildman–Crippen LogP) is 4.10. The van der Waals surface area contributed by atoms with Gasteiger partial charge in [0, 0.05) is 6.54 Å². The minimum atomic E-state index is -4.36. The van der Waals surface area contributed by atoms with Gasteiger partial charge in [0.05, 0.1) is 11.6 Å². The molecular weight excluding hydrogens is 317 g/mol. The highest BCUT2D eigenvalue weighted by atomic mass is 19.4. The van der Waals surface area contributed by atoms with Crippen molar-refractivity contribution in [3.05, 3.63) is 53.2 Å². The lowest BCUT2D eigenvalue weighted by atomic mass is 9.94. The van der Waals surface area contributed by atoms with Gasteiger partial charge in [-0.15, -0.1) is 10.2 Å². The van der Waals surface area contributed by atoms with E-state index in [-0.39, 0.29) is 11.7 Å². The van der Waals surface area contributed by atoms with Crippen LogP contribution in [-0.2, 0) is 6.18 Å². The summed E-state index contributed by atoms with van der Waals surface area (Å²) in [5.41, 5.74) is 0.193. The van der Waals surface area contributed by atoms with E-state index >= 15 is 0 Å². The van der Waals surface area contributed by atoms with Crippen LogP contribution in [0.3, 0.4) is 0 Å². The molecule has 1 aromatic carbocycles. The molecule has 24 heavy (non-hydrogen) atoms. The molecule has 0 spiro atoms. The average Bonchev–Trinajstić information content (AvgIpc) is 2.61. The Morgan fingerprint density at radius 1 is 1.12 bits per heavy atom. The van der Waals surface area contributed by atoms with Crippen molar-refractivity contribution < 1.29 is 13.2 Å². The van der Waals surface area contributed by atoms with Crippen LogP contribution in [0.25, 0.3) is 0 Å². The van der Waals surface area contributed by atoms with Crippen molar-refractivity contribution >= 4 is 5.82 Å². The van der Waals surface area contributed by atoms with E-state index in [0.717, 1.165) is 25.3 Å². The third-order valence-electron chi connectivity index (χ3n) is 4.16. The minimum absolute atomic E-state index is 0.178. The number of aromatic nitrogens is 2. The van der Waals surface area contributed by atoms with Crippen molar-refractivity contribution in [1.29, 1.82) is 5.26 Å². The number of hydrogen-bond acceptors (Lipinski definition) is 4. The number of nitriles is 1. The second kappa shape index (κ2) is 6.48. The number of nitrogens with zero attached hydrogens (tertiary/aromatic N) is 4. The maximum absolute atomic E-state index is 13.0. The van der Waals surface area contributed by atoms with E-state index in [1.807, 2.05) is 11.0 Å². The summed E-state index contributed by atoms with van der Waals surface area (Å²) in [6, 6.07) is 10.4. The fourth-order valence-corrected chi connectivity index (χ4v) is 3.01. The Kier molecular flexibility index (Phi) is 4.38. The molecule has 0 amide bonds. The third-order valence-corrected chi connectivity index (χ3v) is 4.16. The maximum Gasteiger partial charge on any atom is 0.416 e. The van der Waals surface area contributed by atoms with Crippen molar-refractivity contribution in [2.45, 2.75) is 31.5 Å². The van der Waals surface area contributed by atoms with Crippen molar-refractivity contribution in [2.24, 2.45) is 0 Å². The van der Waals surface area contributed by atoms with Gasteiger partial charge in [-0.25, -0.2) is 0 Å². The summed E-state index contributed by atoms with van der Waals surface area (Å²) in [4.78, 5) is 1.97. The Morgan fingerprint density at radius 3 is 2.62 bits per heavy atom. The Hall–Kier alpha value is -2.62. The van der Waals surface area contributed by atoms with Crippen molar-refractivity contribution in [3.63, 3.8) is 0 Å². The Bertz CT molecular complexity index is 750. The number of hydrogen-bond donors (Lipinski definition) is 0. The fraction of sp³-hybridized carbons (Fsp3) is 0.353. The molecule has 2 heterocycles. The van der Waals surface area contributed by atoms with E-state index in [9.17, 15) is 13.2 Å². The first-order chi connectivity index (χ1) is 11.5. The number of alkyl halides is 3. The Labute approximate surface area is 137 Å². The van der Waals surface area contributed by atoms with Crippen LogP contribution in [0, 0.1) is 11.3 Å². The molecule has 0 aliphatic carbocycles. The van der Waals surface area contributed by atoms with E-state index in [2.05, 4.69) is 10.2 Å². The quantitative estimate of drug-likeness (QED) is 0.831. The molecule has 1 unspecified atom stereocenters. The summed E-state index contributed by atoms with van der Waals surface area (Å²) in [5, 5.41) is 16.7. The first-order valence-corrected chi connectivity index (χ1v) is 7.66. The molecular formula is C17H15F3N4. The second-order valence-corrected chi connectivity index (χ2v) is 5.72. The Morgan fingerprint density at radius 2 is 1.96 bits per heavy atom. The first kappa shape index (κ1) is 16.2. The zero-order valence-electron chi connectivity index (χ0n) is 12.8. The molecule has 2 aromatic rings. The van der Waals surface area contributed by atoms with Crippen LogP contribution in [0.5, 0.6) is 0 Å². The maximum atomic E-state index is 13.0. The van der Waals surface area contributed by atoms with E-state index < -0.39 is 11.7 Å². The number of rotatable bonds is 2. The van der Waals surface area contributed by atoms with Gasteiger partial charge in [0.25, 0.3) is 0 Å². The largest absolute Gasteiger partial charge is 0.416 e. The van der Waals surface area contributed by atoms with Crippen LogP contribution >= 0.6 is 0 Å². The zero-order chi connectivity index (χ0) is 17.2. The third kappa shape index (κ3) is 3.32. The number of halogens is 3. The summed E-state index contributed by atoms with van der Waals surface area (Å²) >= 11 is 0. The van der Waals surface area contributed by atoms with Crippen molar-refractivity contribution in [3.8, 4) is 6.07 Å². The first-order valence-electron chi connectivity index (χ1n) is 7.66. The highest BCUT2D eigenvalue weighted by Gasteiger charge is 2.32. The van der Waals surface area contributed by atoms with Gasteiger partial charge in [-0.3, -0.25) is 0 Å². The lowest BCUT2D eigenvalue weighted by molar-refractivity contribution is -0.137. The van der Waals surface area contributed by atoms with Gasteiger partial charge in [0.15, 0.2) is 11.5 Å². The number of piperidine rings is 1. The molecule has 0 radical (unpaired) electrons. The molecule has 124 valence electrons. The molecule has 0 N–H and O–H groups in total. The highest BCUT2D eigenvalue weighted by molar-refractivity contribution is 5.44. The molecule has 1 fully saturated rings. The van der Waals surface area contributed by atoms with Gasteiger partial charge in [-0.05, 0) is 49.1 Å². The van der Waals surface area contributed by atoms with Gasteiger partial charge < -0.3 is 4.90 Å². The highest BCUT2D eigenvalue weighted by Crippen LogP contribution is 2.36. The van der Waals surface area contributed by atoms with Gasteiger partial charge >= 0.3 is 6.18 Å². The standard InChI is InChI=1S/C17H15F3N4/c18-17(19,20)13-5-3-4-12(10-13)15-6-1-2-9-24(15)16-8-7-14(11-21)22-23-16/h3-5,7-8,10,15H,1-2,6,9H2. The van der Waals surface area contributed by atoms with E-state index in [1.54, 1.807) is 18.2 Å². The summed E-state index contributed by atoms with van der Waals surface area (Å²) in [6.07, 6.45) is -1.72. The SMILES string of the molecule is N#Cc1ccc(N2CCCCC2c2cccc(C(F)(F)F)c2)nn1. The molecule has 3 rings (SSSR count). The molecule has 7 heteroatoms. The molecule has 0 bridgehead atoms. The van der Waals surface area contributed by atoms with E-state index in [0.29, 0.717) is 17.9 Å². The van der Waals surface area contributed by atoms with Crippen LogP contribution in [-0.4, -0.2) is 16.7 Å². The number of anilines is 1. The van der Waals surface area contributed by atoms with Crippen LogP contribution in [0.1, 0.15) is 42.1 Å². The topological polar surface area (TPSA) is 52.8 Å². The Balaban J connectivity index is 1.94. The van der Waals surface area contributed by atoms with Crippen LogP contribution in [0.2, 0.25) is 0 Å². The summed E-state index contributed by atoms with van der Waals surface area (Å²) < 4.78 is 38.9. The van der Waals surface area contributed by atoms with Crippen LogP contribution < -0.4 is 4.90 Å². The second-order valence-electron chi connectivity index (χ2n) is 5.72. The molecule has 1 aliphatic rings. The van der Waals surface area contributed by atoms with Gasteiger partial charge in [-0.2, -0.15) is 18.4 Å². The molecule has 0 saturated carbocycles. The molecule has 1 saturated heterocycles. The van der Waals surface area contributed by atoms with Gasteiger partial charge in [-0.1, -0.05) is 12.1 Å². The van der Waals surface area contributed by atoms with Crippen LogP contribution in [0.15, 0.2) is 36.4 Å². The van der Waals surface area contributed by atoms with Crippen LogP contribution in [0.4, 0.5) is 19.0 Å².